The lowest BCUT2D eigenvalue weighted by Gasteiger charge is -2.36. The van der Waals surface area contributed by atoms with Crippen LogP contribution in [-0.2, 0) is 0 Å². The number of alkyl halides is 1. The summed E-state index contributed by atoms with van der Waals surface area (Å²) in [5.74, 6) is -0.226. The molecule has 3 rings (SSSR count). The van der Waals surface area contributed by atoms with E-state index in [1.54, 1.807) is 0 Å². The molecule has 1 aliphatic carbocycles. The van der Waals surface area contributed by atoms with E-state index < -0.39 is 10.6 Å². The maximum atomic E-state index is 14.8. The lowest BCUT2D eigenvalue weighted by atomic mass is 9.94. The Kier molecular flexibility index (Phi) is 3.90. The summed E-state index contributed by atoms with van der Waals surface area (Å²) in [6.07, 6.45) is 3.18. The van der Waals surface area contributed by atoms with Crippen molar-refractivity contribution in [3.05, 3.63) is 28.3 Å². The lowest BCUT2D eigenvalue weighted by molar-refractivity contribution is -0.386. The van der Waals surface area contributed by atoms with E-state index >= 15 is 0 Å². The number of nitro benzene ring substituents is 1. The van der Waals surface area contributed by atoms with Gasteiger partial charge in [0.2, 0.25) is 0 Å². The number of phenolic OH excluding ortho intramolecular Hbond substituents is 1. The third kappa shape index (κ3) is 3.30. The van der Waals surface area contributed by atoms with Crippen molar-refractivity contribution < 1.29 is 19.2 Å². The summed E-state index contributed by atoms with van der Waals surface area (Å²) < 4.78 is 20.1. The molecule has 0 spiro atoms. The summed E-state index contributed by atoms with van der Waals surface area (Å²) in [6, 6.07) is 4.23. The molecule has 1 heterocycles. The lowest BCUT2D eigenvalue weighted by Crippen LogP contribution is -2.45. The second kappa shape index (κ2) is 5.72. The van der Waals surface area contributed by atoms with Crippen LogP contribution in [0.3, 0.4) is 0 Å². The first kappa shape index (κ1) is 15.0. The highest BCUT2D eigenvalue weighted by Crippen LogP contribution is 2.36. The molecule has 0 radical (unpaired) electrons. The molecule has 1 aromatic rings. The van der Waals surface area contributed by atoms with Crippen LogP contribution in [0.4, 0.5) is 10.1 Å². The summed E-state index contributed by atoms with van der Waals surface area (Å²) in [5.41, 5.74) is -1.80. The van der Waals surface area contributed by atoms with Crippen LogP contribution in [0.2, 0.25) is 0 Å². The fourth-order valence-electron chi connectivity index (χ4n) is 2.85. The van der Waals surface area contributed by atoms with E-state index in [-0.39, 0.29) is 23.8 Å². The minimum atomic E-state index is -1.45. The number of ether oxygens (including phenoxy) is 1. The largest absolute Gasteiger partial charge is 0.508 e. The van der Waals surface area contributed by atoms with E-state index in [1.807, 2.05) is 0 Å². The first-order valence-electron chi connectivity index (χ1n) is 7.50. The van der Waals surface area contributed by atoms with E-state index in [1.165, 1.54) is 25.0 Å². The number of halogens is 1. The Morgan fingerprint density at radius 3 is 2.68 bits per heavy atom. The smallest absolute Gasteiger partial charge is 0.314 e. The third-order valence-corrected chi connectivity index (χ3v) is 4.38. The Morgan fingerprint density at radius 1 is 1.41 bits per heavy atom. The second-order valence-electron chi connectivity index (χ2n) is 6.12. The van der Waals surface area contributed by atoms with Crippen molar-refractivity contribution in [1.82, 2.24) is 4.90 Å². The molecule has 2 aliphatic rings. The quantitative estimate of drug-likeness (QED) is 0.668. The fourth-order valence-corrected chi connectivity index (χ4v) is 2.85. The number of benzene rings is 1. The number of hydrogen-bond donors (Lipinski definition) is 1. The van der Waals surface area contributed by atoms with Gasteiger partial charge in [0.1, 0.15) is 18.0 Å². The predicted molar refractivity (Wildman–Crippen MR) is 77.9 cm³/mol. The van der Waals surface area contributed by atoms with Gasteiger partial charge in [-0.1, -0.05) is 0 Å². The maximum absolute atomic E-state index is 14.8. The number of likely N-dealkylation sites (tertiary alicyclic amines) is 1. The zero-order valence-corrected chi connectivity index (χ0v) is 12.2. The van der Waals surface area contributed by atoms with Crippen molar-refractivity contribution >= 4 is 5.69 Å². The highest BCUT2D eigenvalue weighted by molar-refractivity contribution is 5.50. The van der Waals surface area contributed by atoms with Gasteiger partial charge in [-0.25, -0.2) is 4.39 Å². The average Bonchev–Trinajstić information content (AvgIpc) is 3.31. The normalized spacial score (nSPS) is 21.5. The van der Waals surface area contributed by atoms with Crippen LogP contribution < -0.4 is 4.74 Å². The maximum Gasteiger partial charge on any atom is 0.314 e. The molecule has 120 valence electrons. The number of rotatable bonds is 5. The SMILES string of the molecule is O=[N+]([O-])c1cc(O)ccc1OCC1(F)CCN(C2CC2)CC1. The molecule has 1 aromatic carbocycles. The molecule has 1 aliphatic heterocycles. The summed E-state index contributed by atoms with van der Waals surface area (Å²) >= 11 is 0. The van der Waals surface area contributed by atoms with Gasteiger partial charge in [-0.05, 0) is 37.8 Å². The van der Waals surface area contributed by atoms with E-state index in [4.69, 9.17) is 4.74 Å². The van der Waals surface area contributed by atoms with Gasteiger partial charge < -0.3 is 14.7 Å². The Hall–Kier alpha value is -1.89. The van der Waals surface area contributed by atoms with E-state index in [0.29, 0.717) is 32.0 Å². The van der Waals surface area contributed by atoms with Crippen molar-refractivity contribution in [1.29, 1.82) is 0 Å². The summed E-state index contributed by atoms with van der Waals surface area (Å²) in [6.45, 7) is 1.22. The van der Waals surface area contributed by atoms with Gasteiger partial charge in [0.25, 0.3) is 0 Å². The summed E-state index contributed by atoms with van der Waals surface area (Å²) in [7, 11) is 0. The number of nitro groups is 1. The molecule has 0 aromatic heterocycles. The number of phenols is 1. The Labute approximate surface area is 127 Å². The number of hydrogen-bond acceptors (Lipinski definition) is 5. The van der Waals surface area contributed by atoms with Gasteiger partial charge in [-0.2, -0.15) is 0 Å². The van der Waals surface area contributed by atoms with E-state index in [9.17, 15) is 19.6 Å². The molecule has 1 saturated carbocycles. The van der Waals surface area contributed by atoms with Crippen molar-refractivity contribution in [2.75, 3.05) is 19.7 Å². The molecule has 2 fully saturated rings. The van der Waals surface area contributed by atoms with Crippen LogP contribution >= 0.6 is 0 Å². The molecular weight excluding hydrogens is 291 g/mol. The van der Waals surface area contributed by atoms with Crippen molar-refractivity contribution in [3.63, 3.8) is 0 Å². The minimum Gasteiger partial charge on any atom is -0.508 e. The van der Waals surface area contributed by atoms with Gasteiger partial charge in [0.05, 0.1) is 11.0 Å². The van der Waals surface area contributed by atoms with Crippen LogP contribution in [0.5, 0.6) is 11.5 Å². The molecule has 22 heavy (non-hydrogen) atoms. The molecule has 1 saturated heterocycles. The fraction of sp³-hybridized carbons (Fsp3) is 0.600. The van der Waals surface area contributed by atoms with Crippen molar-refractivity contribution in [2.45, 2.75) is 37.4 Å². The molecule has 0 unspecified atom stereocenters. The predicted octanol–water partition coefficient (Wildman–Crippen LogP) is 2.65. The number of nitrogens with zero attached hydrogens (tertiary/aromatic N) is 2. The number of piperidine rings is 1. The Bertz CT molecular complexity index is 569. The topological polar surface area (TPSA) is 75.8 Å². The molecule has 0 atom stereocenters. The average molecular weight is 310 g/mol. The zero-order chi connectivity index (χ0) is 15.7. The van der Waals surface area contributed by atoms with Crippen molar-refractivity contribution in [2.24, 2.45) is 0 Å². The molecule has 7 heteroatoms. The van der Waals surface area contributed by atoms with E-state index in [0.717, 1.165) is 6.07 Å². The van der Waals surface area contributed by atoms with Crippen LogP contribution in [-0.4, -0.2) is 46.3 Å². The van der Waals surface area contributed by atoms with Crippen LogP contribution in [0.25, 0.3) is 0 Å². The summed E-state index contributed by atoms with van der Waals surface area (Å²) in [5, 5.41) is 20.2. The van der Waals surface area contributed by atoms with Gasteiger partial charge in [0, 0.05) is 19.1 Å². The first-order chi connectivity index (χ1) is 10.5. The standard InChI is InChI=1S/C15H19FN2O4/c16-15(5-7-17(8-6-15)11-1-2-11)10-22-14-4-3-12(19)9-13(14)18(20)21/h3-4,9,11,19H,1-2,5-8,10H2. The third-order valence-electron chi connectivity index (χ3n) is 4.38. The van der Waals surface area contributed by atoms with Gasteiger partial charge >= 0.3 is 5.69 Å². The Morgan fingerprint density at radius 2 is 2.09 bits per heavy atom. The minimum absolute atomic E-state index is 0.00977. The summed E-state index contributed by atoms with van der Waals surface area (Å²) in [4.78, 5) is 12.6. The van der Waals surface area contributed by atoms with Gasteiger partial charge in [-0.3, -0.25) is 10.1 Å². The number of aromatic hydroxyl groups is 1. The van der Waals surface area contributed by atoms with Crippen LogP contribution in [0.15, 0.2) is 18.2 Å². The van der Waals surface area contributed by atoms with Gasteiger partial charge in [0.15, 0.2) is 5.75 Å². The molecule has 6 nitrogen and oxygen atoms in total. The molecule has 0 bridgehead atoms. The first-order valence-corrected chi connectivity index (χ1v) is 7.50. The van der Waals surface area contributed by atoms with Crippen LogP contribution in [0, 0.1) is 10.1 Å². The van der Waals surface area contributed by atoms with Crippen molar-refractivity contribution in [3.8, 4) is 11.5 Å². The second-order valence-corrected chi connectivity index (χ2v) is 6.12. The zero-order valence-electron chi connectivity index (χ0n) is 12.2. The van der Waals surface area contributed by atoms with Gasteiger partial charge in [-0.15, -0.1) is 0 Å². The van der Waals surface area contributed by atoms with Crippen LogP contribution in [0.1, 0.15) is 25.7 Å². The Balaban J connectivity index is 1.61. The van der Waals surface area contributed by atoms with E-state index in [2.05, 4.69) is 4.90 Å². The highest BCUT2D eigenvalue weighted by Gasteiger charge is 2.40. The molecule has 1 N–H and O–H groups in total. The monoisotopic (exact) mass is 310 g/mol. The molecule has 0 amide bonds. The highest BCUT2D eigenvalue weighted by atomic mass is 19.1. The molecular formula is C15H19FN2O4.